The molecule has 32 heavy (non-hydrogen) atoms. The molecule has 1 fully saturated rings. The molecule has 2 aromatic carbocycles. The Morgan fingerprint density at radius 1 is 0.969 bits per heavy atom. The third-order valence-corrected chi connectivity index (χ3v) is 7.84. The van der Waals surface area contributed by atoms with Crippen LogP contribution in [0.5, 0.6) is 0 Å². The fourth-order valence-electron chi connectivity index (χ4n) is 3.89. The Balaban J connectivity index is 1.27. The van der Waals surface area contributed by atoms with Gasteiger partial charge in [-0.2, -0.15) is 4.31 Å². The summed E-state index contributed by atoms with van der Waals surface area (Å²) in [6.45, 7) is 0.266. The van der Waals surface area contributed by atoms with Crippen molar-refractivity contribution in [2.45, 2.75) is 17.7 Å². The summed E-state index contributed by atoms with van der Waals surface area (Å²) >= 11 is 5.82. The van der Waals surface area contributed by atoms with E-state index in [1.54, 1.807) is 24.3 Å². The molecule has 2 aromatic rings. The van der Waals surface area contributed by atoms with Gasteiger partial charge in [-0.3, -0.25) is 19.3 Å². The third-order valence-electron chi connectivity index (χ3n) is 5.68. The van der Waals surface area contributed by atoms with Gasteiger partial charge in [0.25, 0.3) is 11.8 Å². The highest BCUT2D eigenvalue weighted by Crippen LogP contribution is 2.26. The van der Waals surface area contributed by atoms with Crippen molar-refractivity contribution >= 4 is 39.4 Å². The number of fused-ring (bicyclic) bond motifs is 1. The zero-order chi connectivity index (χ0) is 22.9. The number of hydrogen-bond acceptors (Lipinski definition) is 6. The summed E-state index contributed by atoms with van der Waals surface area (Å²) in [6.07, 6.45) is 0.664. The quantitative estimate of drug-likeness (QED) is 0.469. The molecule has 0 saturated carbocycles. The van der Waals surface area contributed by atoms with Gasteiger partial charge in [0.1, 0.15) is 6.61 Å². The van der Waals surface area contributed by atoms with E-state index in [0.29, 0.717) is 29.0 Å². The molecule has 0 N–H and O–H groups in total. The summed E-state index contributed by atoms with van der Waals surface area (Å²) in [6, 6.07) is 12.5. The van der Waals surface area contributed by atoms with Crippen LogP contribution in [0.25, 0.3) is 0 Å². The highest BCUT2D eigenvalue weighted by Gasteiger charge is 2.36. The number of amides is 2. The summed E-state index contributed by atoms with van der Waals surface area (Å²) in [5, 5.41) is 0.451. The lowest BCUT2D eigenvalue weighted by Crippen LogP contribution is -2.41. The van der Waals surface area contributed by atoms with Crippen LogP contribution < -0.4 is 0 Å². The smallest absolute Gasteiger partial charge is 0.309 e. The topological polar surface area (TPSA) is 101 Å². The molecule has 0 spiro atoms. The third kappa shape index (κ3) is 4.28. The van der Waals surface area contributed by atoms with E-state index in [4.69, 9.17) is 16.3 Å². The lowest BCUT2D eigenvalue weighted by Gasteiger charge is -2.30. The van der Waals surface area contributed by atoms with Crippen LogP contribution in [0.2, 0.25) is 5.02 Å². The number of piperidine rings is 1. The van der Waals surface area contributed by atoms with E-state index in [9.17, 15) is 22.8 Å². The van der Waals surface area contributed by atoms with Gasteiger partial charge in [-0.15, -0.1) is 0 Å². The van der Waals surface area contributed by atoms with Crippen molar-refractivity contribution in [1.82, 2.24) is 9.21 Å². The first-order valence-corrected chi connectivity index (χ1v) is 12.0. The molecule has 2 amide bonds. The van der Waals surface area contributed by atoms with E-state index in [-0.39, 0.29) is 31.1 Å². The predicted octanol–water partition coefficient (Wildman–Crippen LogP) is 2.58. The second-order valence-electron chi connectivity index (χ2n) is 7.61. The number of benzene rings is 2. The molecule has 2 aliphatic heterocycles. The van der Waals surface area contributed by atoms with Gasteiger partial charge in [0.2, 0.25) is 10.0 Å². The fourth-order valence-corrected chi connectivity index (χ4v) is 5.48. The van der Waals surface area contributed by atoms with Gasteiger partial charge in [-0.1, -0.05) is 23.7 Å². The Labute approximate surface area is 190 Å². The van der Waals surface area contributed by atoms with E-state index in [1.807, 2.05) is 0 Å². The second kappa shape index (κ2) is 9.01. The summed E-state index contributed by atoms with van der Waals surface area (Å²) in [5.41, 5.74) is 0.691. The first-order valence-electron chi connectivity index (χ1n) is 10.2. The largest absolute Gasteiger partial charge is 0.464 e. The molecular formula is C22H21ClN2O6S. The highest BCUT2D eigenvalue weighted by molar-refractivity contribution is 7.89. The van der Waals surface area contributed by atoms with E-state index < -0.39 is 33.7 Å². The van der Waals surface area contributed by atoms with Crippen LogP contribution in [0.15, 0.2) is 53.4 Å². The van der Waals surface area contributed by atoms with Gasteiger partial charge < -0.3 is 4.74 Å². The number of imide groups is 1. The molecule has 8 nitrogen and oxygen atoms in total. The minimum atomic E-state index is -3.65. The van der Waals surface area contributed by atoms with Crippen LogP contribution >= 0.6 is 11.6 Å². The van der Waals surface area contributed by atoms with Crippen molar-refractivity contribution in [3.8, 4) is 0 Å². The molecule has 1 saturated heterocycles. The van der Waals surface area contributed by atoms with Crippen LogP contribution in [0.1, 0.15) is 33.6 Å². The van der Waals surface area contributed by atoms with Crippen molar-refractivity contribution in [3.63, 3.8) is 0 Å². The van der Waals surface area contributed by atoms with Crippen LogP contribution in [-0.2, 0) is 19.6 Å². The van der Waals surface area contributed by atoms with Crippen molar-refractivity contribution in [3.05, 3.63) is 64.7 Å². The Bertz CT molecular complexity index is 1120. The molecule has 10 heteroatoms. The normalized spacial score (nSPS) is 17.5. The maximum Gasteiger partial charge on any atom is 0.309 e. The Morgan fingerprint density at radius 2 is 1.53 bits per heavy atom. The molecule has 0 atom stereocenters. The maximum atomic E-state index is 12.7. The molecule has 2 heterocycles. The zero-order valence-electron chi connectivity index (χ0n) is 17.1. The number of nitrogens with zero attached hydrogens (tertiary/aromatic N) is 2. The minimum absolute atomic E-state index is 0.0259. The number of carbonyl (C=O) groups is 3. The van der Waals surface area contributed by atoms with E-state index in [2.05, 4.69) is 0 Å². The Hall–Kier alpha value is -2.75. The van der Waals surface area contributed by atoms with E-state index in [1.165, 1.54) is 28.6 Å². The van der Waals surface area contributed by atoms with Gasteiger partial charge >= 0.3 is 5.97 Å². The predicted molar refractivity (Wildman–Crippen MR) is 116 cm³/mol. The number of halogens is 1. The summed E-state index contributed by atoms with van der Waals surface area (Å²) in [7, 11) is -3.65. The van der Waals surface area contributed by atoms with Crippen molar-refractivity contribution in [1.29, 1.82) is 0 Å². The highest BCUT2D eigenvalue weighted by atomic mass is 35.5. The molecule has 0 radical (unpaired) electrons. The Kier molecular flexibility index (Phi) is 6.32. The maximum absolute atomic E-state index is 12.7. The van der Waals surface area contributed by atoms with Gasteiger partial charge in [-0.25, -0.2) is 8.42 Å². The number of sulfonamides is 1. The van der Waals surface area contributed by atoms with Crippen molar-refractivity contribution in [2.24, 2.45) is 5.92 Å². The van der Waals surface area contributed by atoms with Crippen LogP contribution in [0, 0.1) is 5.92 Å². The van der Waals surface area contributed by atoms with Gasteiger partial charge in [-0.05, 0) is 49.2 Å². The first-order chi connectivity index (χ1) is 15.3. The van der Waals surface area contributed by atoms with E-state index >= 15 is 0 Å². The molecule has 2 aliphatic rings. The lowest BCUT2D eigenvalue weighted by molar-refractivity contribution is -0.150. The summed E-state index contributed by atoms with van der Waals surface area (Å²) in [4.78, 5) is 38.3. The van der Waals surface area contributed by atoms with Gasteiger partial charge in [0, 0.05) is 18.1 Å². The minimum Gasteiger partial charge on any atom is -0.464 e. The van der Waals surface area contributed by atoms with Crippen LogP contribution in [0.4, 0.5) is 0 Å². The summed E-state index contributed by atoms with van der Waals surface area (Å²) < 4.78 is 32.1. The standard InChI is InChI=1S/C22H21ClN2O6S/c23-16-5-7-17(8-6-16)32(29,30)24-11-9-15(10-12-24)22(28)31-14-13-25-20(26)18-3-1-2-4-19(18)21(25)27/h1-8,15H,9-14H2. The number of carbonyl (C=O) groups excluding carboxylic acids is 3. The summed E-state index contributed by atoms with van der Waals surface area (Å²) in [5.74, 6) is -1.69. The molecular weight excluding hydrogens is 456 g/mol. The lowest BCUT2D eigenvalue weighted by atomic mass is 9.98. The van der Waals surface area contributed by atoms with Gasteiger partial charge in [0.15, 0.2) is 0 Å². The van der Waals surface area contributed by atoms with Gasteiger partial charge in [0.05, 0.1) is 28.5 Å². The number of hydrogen-bond donors (Lipinski definition) is 0. The second-order valence-corrected chi connectivity index (χ2v) is 9.98. The van der Waals surface area contributed by atoms with Crippen molar-refractivity contribution in [2.75, 3.05) is 26.2 Å². The van der Waals surface area contributed by atoms with Crippen molar-refractivity contribution < 1.29 is 27.5 Å². The fraction of sp³-hybridized carbons (Fsp3) is 0.318. The monoisotopic (exact) mass is 476 g/mol. The molecule has 4 rings (SSSR count). The number of ether oxygens (including phenoxy) is 1. The molecule has 0 bridgehead atoms. The average molecular weight is 477 g/mol. The molecule has 168 valence electrons. The molecule has 0 aromatic heterocycles. The molecule has 0 aliphatic carbocycles. The number of esters is 1. The average Bonchev–Trinajstić information content (AvgIpc) is 3.04. The van der Waals surface area contributed by atoms with Crippen LogP contribution in [0.3, 0.4) is 0 Å². The first kappa shape index (κ1) is 22.4. The SMILES string of the molecule is O=C(OCCN1C(=O)c2ccccc2C1=O)C1CCN(S(=O)(=O)c2ccc(Cl)cc2)CC1. The van der Waals surface area contributed by atoms with E-state index in [0.717, 1.165) is 4.90 Å². The Morgan fingerprint density at radius 3 is 2.09 bits per heavy atom. The zero-order valence-corrected chi connectivity index (χ0v) is 18.6. The molecule has 0 unspecified atom stereocenters. The number of rotatable bonds is 6. The van der Waals surface area contributed by atoms with Crippen LogP contribution in [-0.4, -0.2) is 61.6 Å².